The minimum atomic E-state index is -1.55. The molecular weight excluding hydrogens is 243 g/mol. The molecule has 0 radical (unpaired) electrons. The predicted octanol–water partition coefficient (Wildman–Crippen LogP) is 2.89. The van der Waals surface area contributed by atoms with Crippen LogP contribution in [0.4, 0.5) is 13.2 Å². The van der Waals surface area contributed by atoms with Crippen molar-refractivity contribution < 1.29 is 18.3 Å². The summed E-state index contributed by atoms with van der Waals surface area (Å²) < 4.78 is 39.0. The van der Waals surface area contributed by atoms with E-state index < -0.39 is 23.6 Å². The fourth-order valence-corrected chi connectivity index (χ4v) is 1.68. The van der Waals surface area contributed by atoms with Crippen molar-refractivity contribution in [3.63, 3.8) is 0 Å². The SMILES string of the molecule is Cc1ccncc1C(O)c1cc(F)c(F)c(F)c1. The number of aliphatic hydroxyl groups excluding tert-OH is 1. The molecule has 1 N–H and O–H groups in total. The van der Waals surface area contributed by atoms with Crippen LogP contribution < -0.4 is 0 Å². The number of aryl methyl sites for hydroxylation is 1. The van der Waals surface area contributed by atoms with E-state index in [4.69, 9.17) is 0 Å². The van der Waals surface area contributed by atoms with E-state index in [9.17, 15) is 18.3 Å². The molecule has 1 aromatic heterocycles. The van der Waals surface area contributed by atoms with Crippen LogP contribution >= 0.6 is 0 Å². The molecule has 1 unspecified atom stereocenters. The zero-order chi connectivity index (χ0) is 13.3. The van der Waals surface area contributed by atoms with E-state index in [-0.39, 0.29) is 5.56 Å². The molecule has 0 aliphatic carbocycles. The Morgan fingerprint density at radius 1 is 1.17 bits per heavy atom. The summed E-state index contributed by atoms with van der Waals surface area (Å²) in [6.45, 7) is 1.73. The Bertz CT molecular complexity index is 563. The molecule has 1 heterocycles. The first-order valence-electron chi connectivity index (χ1n) is 5.23. The summed E-state index contributed by atoms with van der Waals surface area (Å²) in [7, 11) is 0. The number of nitrogens with zero attached hydrogens (tertiary/aromatic N) is 1. The standard InChI is InChI=1S/C13H10F3NO/c1-7-2-3-17-6-9(7)13(18)8-4-10(14)12(16)11(15)5-8/h2-6,13,18H,1H3. The van der Waals surface area contributed by atoms with Gasteiger partial charge in [0.25, 0.3) is 0 Å². The third-order valence-electron chi connectivity index (χ3n) is 2.70. The third-order valence-corrected chi connectivity index (χ3v) is 2.70. The van der Waals surface area contributed by atoms with Gasteiger partial charge in [-0.2, -0.15) is 0 Å². The topological polar surface area (TPSA) is 33.1 Å². The maximum absolute atomic E-state index is 13.1. The van der Waals surface area contributed by atoms with Gasteiger partial charge in [-0.25, -0.2) is 13.2 Å². The van der Waals surface area contributed by atoms with Crippen molar-refractivity contribution in [2.75, 3.05) is 0 Å². The lowest BCUT2D eigenvalue weighted by Gasteiger charge is -2.14. The summed E-state index contributed by atoms with van der Waals surface area (Å²) in [6.07, 6.45) is 1.69. The van der Waals surface area contributed by atoms with Crippen molar-refractivity contribution in [2.45, 2.75) is 13.0 Å². The van der Waals surface area contributed by atoms with Gasteiger partial charge in [0.05, 0.1) is 0 Å². The van der Waals surface area contributed by atoms with E-state index in [1.165, 1.54) is 12.4 Å². The number of aromatic nitrogens is 1. The molecule has 0 aliphatic heterocycles. The lowest BCUT2D eigenvalue weighted by Crippen LogP contribution is -2.05. The van der Waals surface area contributed by atoms with Crippen LogP contribution in [-0.2, 0) is 0 Å². The van der Waals surface area contributed by atoms with Crippen LogP contribution in [0.2, 0.25) is 0 Å². The van der Waals surface area contributed by atoms with Gasteiger partial charge in [0, 0.05) is 18.0 Å². The molecule has 5 heteroatoms. The van der Waals surface area contributed by atoms with Gasteiger partial charge in [-0.15, -0.1) is 0 Å². The fraction of sp³-hybridized carbons (Fsp3) is 0.154. The molecule has 2 rings (SSSR count). The Morgan fingerprint density at radius 3 is 2.33 bits per heavy atom. The Hall–Kier alpha value is -1.88. The molecule has 0 saturated heterocycles. The second-order valence-corrected chi connectivity index (χ2v) is 3.93. The van der Waals surface area contributed by atoms with E-state index in [2.05, 4.69) is 4.98 Å². The second kappa shape index (κ2) is 4.78. The van der Waals surface area contributed by atoms with Crippen LogP contribution in [-0.4, -0.2) is 10.1 Å². The maximum atomic E-state index is 13.1. The lowest BCUT2D eigenvalue weighted by atomic mass is 9.99. The number of benzene rings is 1. The van der Waals surface area contributed by atoms with E-state index >= 15 is 0 Å². The van der Waals surface area contributed by atoms with Gasteiger partial charge in [-0.3, -0.25) is 4.98 Å². The van der Waals surface area contributed by atoms with Gasteiger partial charge in [0.15, 0.2) is 17.5 Å². The summed E-state index contributed by atoms with van der Waals surface area (Å²) >= 11 is 0. The first kappa shape index (κ1) is 12.6. The highest BCUT2D eigenvalue weighted by Gasteiger charge is 2.18. The second-order valence-electron chi connectivity index (χ2n) is 3.93. The van der Waals surface area contributed by atoms with Crippen LogP contribution in [0.5, 0.6) is 0 Å². The largest absolute Gasteiger partial charge is 0.384 e. The van der Waals surface area contributed by atoms with Crippen molar-refractivity contribution in [1.82, 2.24) is 4.98 Å². The van der Waals surface area contributed by atoms with Gasteiger partial charge in [0.2, 0.25) is 0 Å². The summed E-state index contributed by atoms with van der Waals surface area (Å²) in [4.78, 5) is 3.83. The van der Waals surface area contributed by atoms with Crippen molar-refractivity contribution in [1.29, 1.82) is 0 Å². The molecule has 0 spiro atoms. The molecule has 2 aromatic rings. The van der Waals surface area contributed by atoms with Crippen LogP contribution in [0.15, 0.2) is 30.6 Å². The molecular formula is C13H10F3NO. The van der Waals surface area contributed by atoms with Crippen LogP contribution in [0.3, 0.4) is 0 Å². The number of aliphatic hydroxyl groups is 1. The smallest absolute Gasteiger partial charge is 0.194 e. The maximum Gasteiger partial charge on any atom is 0.194 e. The van der Waals surface area contributed by atoms with Gasteiger partial charge in [-0.1, -0.05) is 0 Å². The molecule has 0 saturated carbocycles. The summed E-state index contributed by atoms with van der Waals surface area (Å²) in [6, 6.07) is 3.21. The molecule has 1 atom stereocenters. The highest BCUT2D eigenvalue weighted by molar-refractivity contribution is 5.33. The monoisotopic (exact) mass is 253 g/mol. The zero-order valence-electron chi connectivity index (χ0n) is 9.49. The van der Waals surface area contributed by atoms with Crippen molar-refractivity contribution >= 4 is 0 Å². The normalized spacial score (nSPS) is 12.5. The summed E-state index contributed by atoms with van der Waals surface area (Å²) in [5.74, 6) is -4.20. The average Bonchev–Trinajstić information content (AvgIpc) is 2.35. The number of pyridine rings is 1. The Labute approximate surface area is 102 Å². The van der Waals surface area contributed by atoms with Gasteiger partial charge in [-0.05, 0) is 36.2 Å². The van der Waals surface area contributed by atoms with E-state index in [0.717, 1.165) is 17.7 Å². The third kappa shape index (κ3) is 2.22. The highest BCUT2D eigenvalue weighted by atomic mass is 19.2. The molecule has 0 amide bonds. The lowest BCUT2D eigenvalue weighted by molar-refractivity contribution is 0.217. The Morgan fingerprint density at radius 2 is 1.78 bits per heavy atom. The first-order valence-corrected chi connectivity index (χ1v) is 5.23. The highest BCUT2D eigenvalue weighted by Crippen LogP contribution is 2.26. The molecule has 0 bridgehead atoms. The Kier molecular flexibility index (Phi) is 3.34. The van der Waals surface area contributed by atoms with Gasteiger partial charge in [0.1, 0.15) is 6.10 Å². The number of hydrogen-bond acceptors (Lipinski definition) is 2. The zero-order valence-corrected chi connectivity index (χ0v) is 9.49. The summed E-state index contributed by atoms with van der Waals surface area (Å²) in [5, 5.41) is 10.0. The predicted molar refractivity (Wildman–Crippen MR) is 59.4 cm³/mol. The molecule has 94 valence electrons. The minimum Gasteiger partial charge on any atom is -0.384 e. The molecule has 2 nitrogen and oxygen atoms in total. The van der Waals surface area contributed by atoms with Gasteiger partial charge >= 0.3 is 0 Å². The minimum absolute atomic E-state index is 0.0532. The molecule has 1 aromatic carbocycles. The number of hydrogen-bond donors (Lipinski definition) is 1. The van der Waals surface area contributed by atoms with Crippen molar-refractivity contribution in [3.05, 3.63) is 64.7 Å². The first-order chi connectivity index (χ1) is 8.50. The Balaban J connectivity index is 2.47. The van der Waals surface area contributed by atoms with Crippen molar-refractivity contribution in [3.8, 4) is 0 Å². The van der Waals surface area contributed by atoms with E-state index in [1.807, 2.05) is 0 Å². The van der Waals surface area contributed by atoms with Crippen LogP contribution in [0, 0.1) is 24.4 Å². The van der Waals surface area contributed by atoms with Crippen LogP contribution in [0.1, 0.15) is 22.8 Å². The number of halogens is 3. The van der Waals surface area contributed by atoms with E-state index in [1.54, 1.807) is 13.0 Å². The molecule has 0 fully saturated rings. The van der Waals surface area contributed by atoms with E-state index in [0.29, 0.717) is 5.56 Å². The van der Waals surface area contributed by atoms with Crippen LogP contribution in [0.25, 0.3) is 0 Å². The quantitative estimate of drug-likeness (QED) is 0.835. The number of rotatable bonds is 2. The fourth-order valence-electron chi connectivity index (χ4n) is 1.68. The molecule has 18 heavy (non-hydrogen) atoms. The average molecular weight is 253 g/mol. The van der Waals surface area contributed by atoms with Crippen molar-refractivity contribution in [2.24, 2.45) is 0 Å². The van der Waals surface area contributed by atoms with Gasteiger partial charge < -0.3 is 5.11 Å². The molecule has 0 aliphatic rings. The summed E-state index contributed by atoms with van der Waals surface area (Å²) in [5.41, 5.74) is 1.09.